The monoisotopic (exact) mass is 328 g/mol. The Balaban J connectivity index is 1.83. The van der Waals surface area contributed by atoms with Gasteiger partial charge in [-0.1, -0.05) is 23.7 Å². The van der Waals surface area contributed by atoms with E-state index < -0.39 is 5.78 Å². The molecule has 1 aliphatic rings. The number of fused-ring (bicyclic) bond motifs is 1. The van der Waals surface area contributed by atoms with Crippen molar-refractivity contribution in [2.24, 2.45) is 0 Å². The van der Waals surface area contributed by atoms with Gasteiger partial charge >= 0.3 is 0 Å². The fraction of sp³-hybridized carbons (Fsp3) is 0.118. The minimum atomic E-state index is -0.445. The van der Waals surface area contributed by atoms with Crippen LogP contribution in [-0.4, -0.2) is 23.7 Å². The Bertz CT molecular complexity index is 813. The summed E-state index contributed by atoms with van der Waals surface area (Å²) in [6.07, 6.45) is 1.46. The zero-order valence-corrected chi connectivity index (χ0v) is 13.1. The average molecular weight is 329 g/mol. The average Bonchev–Trinajstić information content (AvgIpc) is 2.60. The van der Waals surface area contributed by atoms with E-state index in [-0.39, 0.29) is 27.8 Å². The Labute approximate surface area is 137 Å². The first kappa shape index (κ1) is 15.2. The summed E-state index contributed by atoms with van der Waals surface area (Å²) in [6.45, 7) is 0.365. The molecule has 0 saturated carbocycles. The van der Waals surface area contributed by atoms with Crippen LogP contribution in [0.3, 0.4) is 0 Å². The zero-order chi connectivity index (χ0) is 16.4. The highest BCUT2D eigenvalue weighted by Crippen LogP contribution is 2.26. The molecule has 0 amide bonds. The van der Waals surface area contributed by atoms with Crippen LogP contribution in [0.2, 0.25) is 0 Å². The molecule has 1 N–H and O–H groups in total. The van der Waals surface area contributed by atoms with Gasteiger partial charge in [-0.2, -0.15) is 0 Å². The number of carbonyl (C=O) groups excluding carboxylic acids is 2. The highest BCUT2D eigenvalue weighted by molar-refractivity contribution is 6.49. The third kappa shape index (κ3) is 2.83. The number of halogens is 1. The summed E-state index contributed by atoms with van der Waals surface area (Å²) >= 11 is 6.06. The summed E-state index contributed by atoms with van der Waals surface area (Å²) in [5.41, 5.74) is 1.39. The lowest BCUT2D eigenvalue weighted by atomic mass is 9.97. The number of pyridine rings is 1. The molecule has 0 atom stereocenters. The molecule has 6 heteroatoms. The molecule has 0 fully saturated rings. The second-order valence-corrected chi connectivity index (χ2v) is 5.33. The van der Waals surface area contributed by atoms with Crippen LogP contribution in [0.4, 0.5) is 0 Å². The second-order valence-electron chi connectivity index (χ2n) is 4.95. The van der Waals surface area contributed by atoms with Gasteiger partial charge in [-0.25, -0.2) is 0 Å². The molecule has 116 valence electrons. The van der Waals surface area contributed by atoms with Crippen LogP contribution in [0, 0.1) is 0 Å². The van der Waals surface area contributed by atoms with Gasteiger partial charge in [-0.3, -0.25) is 14.6 Å². The SMILES string of the molecule is COc1ccc(CNC2=C(Cl)C(=O)c3ncccc3C2=O)cc1. The maximum atomic E-state index is 12.5. The number of rotatable bonds is 4. The van der Waals surface area contributed by atoms with Crippen LogP contribution in [0.15, 0.2) is 53.3 Å². The van der Waals surface area contributed by atoms with Crippen LogP contribution in [0.25, 0.3) is 0 Å². The van der Waals surface area contributed by atoms with E-state index in [1.165, 1.54) is 6.20 Å². The molecule has 1 aromatic heterocycles. The van der Waals surface area contributed by atoms with E-state index in [2.05, 4.69) is 10.3 Å². The molecule has 0 spiro atoms. The van der Waals surface area contributed by atoms with E-state index in [1.54, 1.807) is 19.2 Å². The number of nitrogens with one attached hydrogen (secondary N) is 1. The van der Waals surface area contributed by atoms with Crippen molar-refractivity contribution in [3.63, 3.8) is 0 Å². The predicted octanol–water partition coefficient (Wildman–Crippen LogP) is 2.71. The van der Waals surface area contributed by atoms with Crippen LogP contribution in [0.5, 0.6) is 5.75 Å². The number of Topliss-reactive ketones (excluding diaryl/α,β-unsaturated/α-hetero) is 2. The van der Waals surface area contributed by atoms with Crippen LogP contribution < -0.4 is 10.1 Å². The van der Waals surface area contributed by atoms with Crippen molar-refractivity contribution < 1.29 is 14.3 Å². The highest BCUT2D eigenvalue weighted by atomic mass is 35.5. The van der Waals surface area contributed by atoms with Gasteiger partial charge in [-0.05, 0) is 29.8 Å². The zero-order valence-electron chi connectivity index (χ0n) is 12.3. The summed E-state index contributed by atoms with van der Waals surface area (Å²) in [6, 6.07) is 10.6. The van der Waals surface area contributed by atoms with E-state index in [4.69, 9.17) is 16.3 Å². The van der Waals surface area contributed by atoms with Crippen LogP contribution in [0.1, 0.15) is 26.4 Å². The normalized spacial score (nSPS) is 13.8. The number of benzene rings is 1. The lowest BCUT2D eigenvalue weighted by Crippen LogP contribution is -2.29. The number of ether oxygens (including phenoxy) is 1. The molecule has 0 saturated heterocycles. The number of aromatic nitrogens is 1. The van der Waals surface area contributed by atoms with Gasteiger partial charge in [0, 0.05) is 12.7 Å². The quantitative estimate of drug-likeness (QED) is 0.934. The number of carbonyl (C=O) groups is 2. The van der Waals surface area contributed by atoms with E-state index in [0.29, 0.717) is 6.54 Å². The minimum Gasteiger partial charge on any atom is -0.497 e. The van der Waals surface area contributed by atoms with Gasteiger partial charge in [0.15, 0.2) is 0 Å². The van der Waals surface area contributed by atoms with Crippen molar-refractivity contribution in [2.75, 3.05) is 7.11 Å². The fourth-order valence-corrected chi connectivity index (χ4v) is 2.56. The Kier molecular flexibility index (Phi) is 4.12. The Morgan fingerprint density at radius 3 is 2.57 bits per heavy atom. The Morgan fingerprint density at radius 1 is 1.13 bits per heavy atom. The molecule has 0 unspecified atom stereocenters. The number of ketones is 2. The summed E-state index contributed by atoms with van der Waals surface area (Å²) in [4.78, 5) is 28.6. The predicted molar refractivity (Wildman–Crippen MR) is 85.6 cm³/mol. The first-order valence-electron chi connectivity index (χ1n) is 6.93. The molecule has 1 aromatic carbocycles. The van der Waals surface area contributed by atoms with Crippen LogP contribution >= 0.6 is 11.6 Å². The smallest absolute Gasteiger partial charge is 0.225 e. The molecule has 0 bridgehead atoms. The number of allylic oxidation sites excluding steroid dienone is 2. The largest absolute Gasteiger partial charge is 0.497 e. The van der Waals surface area contributed by atoms with Crippen LogP contribution in [-0.2, 0) is 6.54 Å². The number of methoxy groups -OCH3 is 1. The Morgan fingerprint density at radius 2 is 1.87 bits per heavy atom. The van der Waals surface area contributed by atoms with Gasteiger partial charge in [0.2, 0.25) is 11.6 Å². The van der Waals surface area contributed by atoms with Crippen molar-refractivity contribution in [3.8, 4) is 5.75 Å². The van der Waals surface area contributed by atoms with Crippen molar-refractivity contribution in [2.45, 2.75) is 6.54 Å². The molecule has 3 rings (SSSR count). The molecule has 2 aromatic rings. The second kappa shape index (κ2) is 6.22. The number of hydrogen-bond donors (Lipinski definition) is 1. The standard InChI is InChI=1S/C17H13ClN2O3/c1-23-11-6-4-10(5-7-11)9-20-15-13(18)17(22)14-12(16(15)21)3-2-8-19-14/h2-8,20H,9H2,1H3. The molecular formula is C17H13ClN2O3. The molecule has 1 aliphatic carbocycles. The molecule has 0 aliphatic heterocycles. The molecule has 1 heterocycles. The van der Waals surface area contributed by atoms with Crippen molar-refractivity contribution >= 4 is 23.2 Å². The first-order valence-corrected chi connectivity index (χ1v) is 7.30. The maximum absolute atomic E-state index is 12.5. The van der Waals surface area contributed by atoms with Gasteiger partial charge in [0.25, 0.3) is 0 Å². The van der Waals surface area contributed by atoms with Crippen molar-refractivity contribution in [1.29, 1.82) is 0 Å². The molecule has 23 heavy (non-hydrogen) atoms. The van der Waals surface area contributed by atoms with E-state index in [9.17, 15) is 9.59 Å². The molecule has 0 radical (unpaired) electrons. The third-order valence-electron chi connectivity index (χ3n) is 3.54. The minimum absolute atomic E-state index is 0.0949. The fourth-order valence-electron chi connectivity index (χ4n) is 2.31. The summed E-state index contributed by atoms with van der Waals surface area (Å²) in [7, 11) is 1.59. The van der Waals surface area contributed by atoms with E-state index >= 15 is 0 Å². The lowest BCUT2D eigenvalue weighted by molar-refractivity contribution is 0.0971. The summed E-state index contributed by atoms with van der Waals surface area (Å²) < 4.78 is 5.09. The van der Waals surface area contributed by atoms with Gasteiger partial charge in [0.1, 0.15) is 22.2 Å². The third-order valence-corrected chi connectivity index (χ3v) is 3.90. The van der Waals surface area contributed by atoms with Crippen molar-refractivity contribution in [1.82, 2.24) is 10.3 Å². The number of nitrogens with zero attached hydrogens (tertiary/aromatic N) is 1. The number of hydrogen-bond acceptors (Lipinski definition) is 5. The highest BCUT2D eigenvalue weighted by Gasteiger charge is 2.32. The summed E-state index contributed by atoms with van der Waals surface area (Å²) in [5, 5.41) is 2.83. The van der Waals surface area contributed by atoms with Gasteiger partial charge in [0.05, 0.1) is 12.7 Å². The van der Waals surface area contributed by atoms with E-state index in [0.717, 1.165) is 11.3 Å². The van der Waals surface area contributed by atoms with Gasteiger partial charge < -0.3 is 10.1 Å². The van der Waals surface area contributed by atoms with E-state index in [1.807, 2.05) is 24.3 Å². The lowest BCUT2D eigenvalue weighted by Gasteiger charge is -2.18. The van der Waals surface area contributed by atoms with Gasteiger partial charge in [-0.15, -0.1) is 0 Å². The maximum Gasteiger partial charge on any atom is 0.225 e. The Hall–Kier alpha value is -2.66. The summed E-state index contributed by atoms with van der Waals surface area (Å²) in [5.74, 6) is -0.0276. The first-order chi connectivity index (χ1) is 11.1. The topological polar surface area (TPSA) is 68.3 Å². The van der Waals surface area contributed by atoms with Crippen molar-refractivity contribution in [3.05, 3.63) is 70.1 Å². The molecule has 5 nitrogen and oxygen atoms in total. The molecular weight excluding hydrogens is 316 g/mol.